The fourth-order valence-electron chi connectivity index (χ4n) is 3.09. The Labute approximate surface area is 152 Å². The molecular weight excluding hydrogens is 330 g/mol. The molecule has 2 amide bonds. The number of carbonyl (C=O) groups is 2. The molecule has 1 saturated heterocycles. The van der Waals surface area contributed by atoms with E-state index in [4.69, 9.17) is 4.74 Å². The molecule has 3 rings (SSSR count). The Bertz CT molecular complexity index is 845. The van der Waals surface area contributed by atoms with Gasteiger partial charge in [0, 0.05) is 20.2 Å². The van der Waals surface area contributed by atoms with Gasteiger partial charge >= 0.3 is 0 Å². The largest absolute Gasteiger partial charge is 0.367 e. The standard InChI is InChI=1S/C20H19N3O3/c1-26-19(15-7-3-2-4-8-15)20(25)22-11-12-23(18(24)14-22)17-10-6-5-9-16(17)13-21/h2-10,19H,11-12,14H2,1H3/t19-/m1/s1. The number of methoxy groups -OCH3 is 1. The summed E-state index contributed by atoms with van der Waals surface area (Å²) in [5.74, 6) is -0.449. The first-order valence-electron chi connectivity index (χ1n) is 8.31. The van der Waals surface area contributed by atoms with E-state index in [2.05, 4.69) is 6.07 Å². The topological polar surface area (TPSA) is 73.6 Å². The molecule has 0 aromatic heterocycles. The molecule has 1 atom stereocenters. The first-order chi connectivity index (χ1) is 12.7. The molecule has 0 radical (unpaired) electrons. The highest BCUT2D eigenvalue weighted by Crippen LogP contribution is 2.24. The number of carbonyl (C=O) groups excluding carboxylic acids is 2. The number of anilines is 1. The highest BCUT2D eigenvalue weighted by molar-refractivity contribution is 5.99. The molecule has 0 bridgehead atoms. The summed E-state index contributed by atoms with van der Waals surface area (Å²) in [6, 6.07) is 18.3. The van der Waals surface area contributed by atoms with E-state index in [0.29, 0.717) is 24.3 Å². The quantitative estimate of drug-likeness (QED) is 0.847. The van der Waals surface area contributed by atoms with Gasteiger partial charge in [-0.3, -0.25) is 9.59 Å². The van der Waals surface area contributed by atoms with E-state index in [1.54, 1.807) is 29.2 Å². The van der Waals surface area contributed by atoms with Crippen LogP contribution >= 0.6 is 0 Å². The van der Waals surface area contributed by atoms with Gasteiger partial charge in [-0.15, -0.1) is 0 Å². The molecule has 0 aliphatic carbocycles. The normalized spacial score (nSPS) is 15.5. The molecule has 0 saturated carbocycles. The van der Waals surface area contributed by atoms with Crippen molar-refractivity contribution in [3.05, 3.63) is 65.7 Å². The Balaban J connectivity index is 1.75. The zero-order chi connectivity index (χ0) is 18.5. The first kappa shape index (κ1) is 17.6. The van der Waals surface area contributed by atoms with Gasteiger partial charge in [0.15, 0.2) is 6.10 Å². The second-order valence-corrected chi connectivity index (χ2v) is 5.96. The van der Waals surface area contributed by atoms with Gasteiger partial charge in [-0.2, -0.15) is 5.26 Å². The van der Waals surface area contributed by atoms with Crippen LogP contribution in [0.1, 0.15) is 17.2 Å². The number of benzene rings is 2. The van der Waals surface area contributed by atoms with Crippen molar-refractivity contribution in [1.29, 1.82) is 5.26 Å². The third-order valence-corrected chi connectivity index (χ3v) is 4.41. The minimum Gasteiger partial charge on any atom is -0.367 e. The molecule has 0 N–H and O–H groups in total. The number of nitrogens with zero attached hydrogens (tertiary/aromatic N) is 3. The zero-order valence-electron chi connectivity index (χ0n) is 14.5. The van der Waals surface area contributed by atoms with Crippen molar-refractivity contribution in [3.8, 4) is 6.07 Å². The van der Waals surface area contributed by atoms with Crippen molar-refractivity contribution in [2.24, 2.45) is 0 Å². The summed E-state index contributed by atoms with van der Waals surface area (Å²) in [4.78, 5) is 28.5. The van der Waals surface area contributed by atoms with E-state index < -0.39 is 6.10 Å². The number of para-hydroxylation sites is 1. The van der Waals surface area contributed by atoms with Crippen molar-refractivity contribution in [2.75, 3.05) is 31.6 Å². The fraction of sp³-hybridized carbons (Fsp3) is 0.250. The highest BCUT2D eigenvalue weighted by Gasteiger charge is 2.33. The van der Waals surface area contributed by atoms with E-state index in [1.807, 2.05) is 30.3 Å². The van der Waals surface area contributed by atoms with Crippen molar-refractivity contribution in [1.82, 2.24) is 4.90 Å². The number of hydrogen-bond acceptors (Lipinski definition) is 4. The van der Waals surface area contributed by atoms with E-state index in [-0.39, 0.29) is 18.4 Å². The molecule has 1 heterocycles. The molecule has 0 unspecified atom stereocenters. The van der Waals surface area contributed by atoms with Crippen molar-refractivity contribution in [2.45, 2.75) is 6.10 Å². The van der Waals surface area contributed by atoms with Crippen LogP contribution in [0.4, 0.5) is 5.69 Å². The summed E-state index contributed by atoms with van der Waals surface area (Å²) in [7, 11) is 1.48. The van der Waals surface area contributed by atoms with Gasteiger partial charge in [-0.25, -0.2) is 0 Å². The summed E-state index contributed by atoms with van der Waals surface area (Å²) in [6.45, 7) is 0.691. The van der Waals surface area contributed by atoms with Crippen LogP contribution in [-0.4, -0.2) is 43.5 Å². The minimum absolute atomic E-state index is 0.0364. The van der Waals surface area contributed by atoms with Crippen LogP contribution in [-0.2, 0) is 14.3 Å². The van der Waals surface area contributed by atoms with Crippen LogP contribution in [0, 0.1) is 11.3 Å². The first-order valence-corrected chi connectivity index (χ1v) is 8.31. The summed E-state index contributed by atoms with van der Waals surface area (Å²) in [5.41, 5.74) is 1.78. The predicted octanol–water partition coefficient (Wildman–Crippen LogP) is 2.12. The second-order valence-electron chi connectivity index (χ2n) is 5.96. The number of nitriles is 1. The van der Waals surface area contributed by atoms with E-state index in [1.165, 1.54) is 12.0 Å². The van der Waals surface area contributed by atoms with Crippen LogP contribution < -0.4 is 4.90 Å². The third-order valence-electron chi connectivity index (χ3n) is 4.41. The maximum atomic E-state index is 12.8. The Morgan fingerprint density at radius 1 is 1.12 bits per heavy atom. The molecule has 1 aliphatic heterocycles. The summed E-state index contributed by atoms with van der Waals surface area (Å²) < 4.78 is 5.38. The van der Waals surface area contributed by atoms with E-state index in [0.717, 1.165) is 5.56 Å². The summed E-state index contributed by atoms with van der Waals surface area (Å²) in [5, 5.41) is 9.24. The van der Waals surface area contributed by atoms with Crippen LogP contribution in [0.15, 0.2) is 54.6 Å². The maximum Gasteiger partial charge on any atom is 0.256 e. The minimum atomic E-state index is -0.734. The van der Waals surface area contributed by atoms with Gasteiger partial charge < -0.3 is 14.5 Å². The van der Waals surface area contributed by atoms with Gasteiger partial charge in [0.1, 0.15) is 12.6 Å². The number of piperazine rings is 1. The van der Waals surface area contributed by atoms with Gasteiger partial charge in [-0.05, 0) is 17.7 Å². The molecule has 26 heavy (non-hydrogen) atoms. The molecule has 2 aromatic carbocycles. The number of amides is 2. The zero-order valence-corrected chi connectivity index (χ0v) is 14.5. The van der Waals surface area contributed by atoms with Gasteiger partial charge in [-0.1, -0.05) is 42.5 Å². The lowest BCUT2D eigenvalue weighted by Gasteiger charge is -2.36. The Morgan fingerprint density at radius 2 is 1.81 bits per heavy atom. The van der Waals surface area contributed by atoms with Crippen LogP contribution in [0.25, 0.3) is 0 Å². The lowest BCUT2D eigenvalue weighted by Crippen LogP contribution is -2.53. The highest BCUT2D eigenvalue weighted by atomic mass is 16.5. The smallest absolute Gasteiger partial charge is 0.256 e. The maximum absolute atomic E-state index is 12.8. The van der Waals surface area contributed by atoms with Crippen molar-refractivity contribution < 1.29 is 14.3 Å². The summed E-state index contributed by atoms with van der Waals surface area (Å²) in [6.07, 6.45) is -0.734. The van der Waals surface area contributed by atoms with Gasteiger partial charge in [0.05, 0.1) is 11.3 Å². The lowest BCUT2D eigenvalue weighted by atomic mass is 10.1. The number of rotatable bonds is 4. The molecule has 132 valence electrons. The van der Waals surface area contributed by atoms with Crippen LogP contribution in [0.2, 0.25) is 0 Å². The molecule has 6 heteroatoms. The molecule has 2 aromatic rings. The molecular formula is C20H19N3O3. The van der Waals surface area contributed by atoms with Gasteiger partial charge in [0.25, 0.3) is 5.91 Å². The van der Waals surface area contributed by atoms with Crippen molar-refractivity contribution in [3.63, 3.8) is 0 Å². The Hall–Kier alpha value is -3.17. The average molecular weight is 349 g/mol. The number of hydrogen-bond donors (Lipinski definition) is 0. The SMILES string of the molecule is CO[C@@H](C(=O)N1CCN(c2ccccc2C#N)C(=O)C1)c1ccccc1. The van der Waals surface area contributed by atoms with E-state index >= 15 is 0 Å². The Morgan fingerprint density at radius 3 is 2.46 bits per heavy atom. The monoisotopic (exact) mass is 349 g/mol. The fourth-order valence-corrected chi connectivity index (χ4v) is 3.09. The number of ether oxygens (including phenoxy) is 1. The lowest BCUT2D eigenvalue weighted by molar-refractivity contribution is -0.146. The van der Waals surface area contributed by atoms with Crippen molar-refractivity contribution >= 4 is 17.5 Å². The van der Waals surface area contributed by atoms with Crippen LogP contribution in [0.5, 0.6) is 0 Å². The molecule has 6 nitrogen and oxygen atoms in total. The predicted molar refractivity (Wildman–Crippen MR) is 96.3 cm³/mol. The van der Waals surface area contributed by atoms with Gasteiger partial charge in [0.2, 0.25) is 5.91 Å². The van der Waals surface area contributed by atoms with Crippen LogP contribution in [0.3, 0.4) is 0 Å². The average Bonchev–Trinajstić information content (AvgIpc) is 2.69. The molecule has 1 fully saturated rings. The second kappa shape index (κ2) is 7.81. The third kappa shape index (κ3) is 3.44. The Kier molecular flexibility index (Phi) is 5.30. The summed E-state index contributed by atoms with van der Waals surface area (Å²) >= 11 is 0. The molecule has 0 spiro atoms. The molecule has 1 aliphatic rings. The van der Waals surface area contributed by atoms with E-state index in [9.17, 15) is 14.9 Å².